The second-order valence-electron chi connectivity index (χ2n) is 5.99. The lowest BCUT2D eigenvalue weighted by Gasteiger charge is -2.24. The topological polar surface area (TPSA) is 91.1 Å². The molecule has 0 aliphatic heterocycles. The van der Waals surface area contributed by atoms with Crippen LogP contribution in [-0.2, 0) is 19.0 Å². The molecule has 0 saturated carbocycles. The molecule has 1 rings (SSSR count). The number of nitrogens with zero attached hydrogens (tertiary/aromatic N) is 1. The number of carbonyl (C=O) groups excluding carboxylic acids is 1. The number of aliphatic hydroxyl groups is 1. The molecule has 4 atom stereocenters. The zero-order valence-electron chi connectivity index (χ0n) is 16.4. The van der Waals surface area contributed by atoms with Crippen molar-refractivity contribution in [1.82, 2.24) is 0 Å². The molecule has 0 spiro atoms. The van der Waals surface area contributed by atoms with Gasteiger partial charge in [0.05, 0.1) is 19.8 Å². The first-order valence-electron chi connectivity index (χ1n) is 9.11. The first-order chi connectivity index (χ1) is 13.5. The first kappa shape index (κ1) is 23.6. The van der Waals surface area contributed by atoms with Crippen LogP contribution in [0.5, 0.6) is 0 Å². The summed E-state index contributed by atoms with van der Waals surface area (Å²) in [4.78, 5) is 12.3. The standard InChI is InChI=1S/C21H29NO6/c1-5-13-27-18(20(28-14-6-2)21(24)26-7-3)15-22(25)16(4)19(23)17-11-9-8-10-12-17/h5-6,8-12,15-16,18-20,23H,1-2,7,13-14H2,3-4H3/b22-15-/t16-,18-,19-,20-/m0/s1. The van der Waals surface area contributed by atoms with Gasteiger partial charge in [0.1, 0.15) is 6.10 Å². The van der Waals surface area contributed by atoms with Crippen molar-refractivity contribution in [1.29, 1.82) is 0 Å². The molecular formula is C21H29NO6. The van der Waals surface area contributed by atoms with Gasteiger partial charge in [-0.3, -0.25) is 0 Å². The number of aliphatic hydroxyl groups excluding tert-OH is 1. The Morgan fingerprint density at radius 2 is 1.82 bits per heavy atom. The van der Waals surface area contributed by atoms with Gasteiger partial charge in [-0.2, -0.15) is 0 Å². The minimum atomic E-state index is -1.16. The van der Waals surface area contributed by atoms with Crippen molar-refractivity contribution >= 4 is 12.2 Å². The van der Waals surface area contributed by atoms with E-state index in [0.717, 1.165) is 0 Å². The number of esters is 1. The molecule has 0 aliphatic carbocycles. The highest BCUT2D eigenvalue weighted by molar-refractivity contribution is 5.80. The summed E-state index contributed by atoms with van der Waals surface area (Å²) >= 11 is 0. The van der Waals surface area contributed by atoms with Crippen LogP contribution in [0.3, 0.4) is 0 Å². The van der Waals surface area contributed by atoms with Gasteiger partial charge in [0.25, 0.3) is 0 Å². The van der Waals surface area contributed by atoms with Crippen molar-refractivity contribution in [2.24, 2.45) is 0 Å². The van der Waals surface area contributed by atoms with Gasteiger partial charge in [-0.1, -0.05) is 42.5 Å². The zero-order chi connectivity index (χ0) is 20.9. The highest BCUT2D eigenvalue weighted by Gasteiger charge is 2.34. The maximum absolute atomic E-state index is 12.7. The van der Waals surface area contributed by atoms with Crippen molar-refractivity contribution in [3.8, 4) is 0 Å². The largest absolute Gasteiger partial charge is 0.624 e. The van der Waals surface area contributed by atoms with Gasteiger partial charge >= 0.3 is 5.97 Å². The third kappa shape index (κ3) is 7.26. The lowest BCUT2D eigenvalue weighted by atomic mass is 10.0. The van der Waals surface area contributed by atoms with Gasteiger partial charge in [0.2, 0.25) is 0 Å². The van der Waals surface area contributed by atoms with E-state index in [1.54, 1.807) is 38.1 Å². The van der Waals surface area contributed by atoms with Crippen LogP contribution in [0.1, 0.15) is 25.5 Å². The van der Waals surface area contributed by atoms with Crippen LogP contribution >= 0.6 is 0 Å². The molecule has 28 heavy (non-hydrogen) atoms. The predicted molar refractivity (Wildman–Crippen MR) is 107 cm³/mol. The third-order valence-corrected chi connectivity index (χ3v) is 3.91. The Balaban J connectivity index is 3.08. The lowest BCUT2D eigenvalue weighted by Crippen LogP contribution is -2.43. The highest BCUT2D eigenvalue weighted by atomic mass is 16.6. The van der Waals surface area contributed by atoms with Crippen molar-refractivity contribution in [2.45, 2.75) is 38.2 Å². The molecule has 0 aromatic heterocycles. The van der Waals surface area contributed by atoms with E-state index in [9.17, 15) is 15.1 Å². The second kappa shape index (κ2) is 12.8. The number of ether oxygens (including phenoxy) is 3. The molecule has 0 saturated heterocycles. The van der Waals surface area contributed by atoms with Crippen LogP contribution in [0, 0.1) is 5.21 Å². The molecule has 7 nitrogen and oxygen atoms in total. The summed E-state index contributed by atoms with van der Waals surface area (Å²) in [5, 5.41) is 23.1. The van der Waals surface area contributed by atoms with Crippen LogP contribution in [0.2, 0.25) is 0 Å². The Kier molecular flexibility index (Phi) is 10.8. The average molecular weight is 391 g/mol. The Labute approximate surface area is 166 Å². The molecule has 0 fully saturated rings. The maximum Gasteiger partial charge on any atom is 0.338 e. The number of carbonyl (C=O) groups is 1. The normalized spacial score (nSPS) is 15.9. The van der Waals surface area contributed by atoms with Gasteiger partial charge in [-0.05, 0) is 12.5 Å². The van der Waals surface area contributed by atoms with E-state index >= 15 is 0 Å². The van der Waals surface area contributed by atoms with E-state index < -0.39 is 30.3 Å². The predicted octanol–water partition coefficient (Wildman–Crippen LogP) is 2.40. The van der Waals surface area contributed by atoms with Crippen LogP contribution in [-0.4, -0.2) is 60.1 Å². The van der Waals surface area contributed by atoms with Gasteiger partial charge in [0, 0.05) is 6.92 Å². The fourth-order valence-corrected chi connectivity index (χ4v) is 2.43. The fraction of sp³-hybridized carbons (Fsp3) is 0.429. The van der Waals surface area contributed by atoms with Gasteiger partial charge in [-0.15, -0.1) is 13.2 Å². The third-order valence-electron chi connectivity index (χ3n) is 3.91. The lowest BCUT2D eigenvalue weighted by molar-refractivity contribution is -0.509. The molecule has 0 bridgehead atoms. The minimum absolute atomic E-state index is 0.0757. The Hall–Kier alpha value is -2.48. The number of rotatable bonds is 13. The van der Waals surface area contributed by atoms with Crippen molar-refractivity contribution < 1.29 is 28.9 Å². The second-order valence-corrected chi connectivity index (χ2v) is 5.99. The molecule has 154 valence electrons. The summed E-state index contributed by atoms with van der Waals surface area (Å²) in [6.07, 6.45) is 0.937. The Morgan fingerprint density at radius 3 is 2.39 bits per heavy atom. The molecule has 0 heterocycles. The molecule has 0 unspecified atom stereocenters. The number of hydroxylamine groups is 1. The molecule has 1 N–H and O–H groups in total. The minimum Gasteiger partial charge on any atom is -0.624 e. The summed E-state index contributed by atoms with van der Waals surface area (Å²) < 4.78 is 16.6. The van der Waals surface area contributed by atoms with Crippen molar-refractivity contribution in [2.75, 3.05) is 19.8 Å². The van der Waals surface area contributed by atoms with Crippen LogP contribution in [0.15, 0.2) is 55.6 Å². The average Bonchev–Trinajstić information content (AvgIpc) is 2.71. The van der Waals surface area contributed by atoms with Crippen LogP contribution in [0.25, 0.3) is 0 Å². The summed E-state index contributed by atoms with van der Waals surface area (Å²) in [6, 6.07) is 8.02. The van der Waals surface area contributed by atoms with E-state index in [1.165, 1.54) is 18.4 Å². The van der Waals surface area contributed by atoms with E-state index in [2.05, 4.69) is 13.2 Å². The maximum atomic E-state index is 12.7. The Morgan fingerprint density at radius 1 is 1.21 bits per heavy atom. The number of hydrogen-bond acceptors (Lipinski definition) is 6. The van der Waals surface area contributed by atoms with Crippen LogP contribution < -0.4 is 0 Å². The van der Waals surface area contributed by atoms with Gasteiger partial charge in [-0.25, -0.2) is 9.53 Å². The fourth-order valence-electron chi connectivity index (χ4n) is 2.43. The molecular weight excluding hydrogens is 362 g/mol. The molecule has 1 aromatic carbocycles. The molecule has 0 amide bonds. The molecule has 0 aliphatic rings. The highest BCUT2D eigenvalue weighted by Crippen LogP contribution is 2.18. The van der Waals surface area contributed by atoms with Crippen molar-refractivity contribution in [3.05, 3.63) is 66.4 Å². The smallest absolute Gasteiger partial charge is 0.338 e. The van der Waals surface area contributed by atoms with Gasteiger partial charge < -0.3 is 24.5 Å². The quantitative estimate of drug-likeness (QED) is 0.139. The zero-order valence-corrected chi connectivity index (χ0v) is 16.4. The van der Waals surface area contributed by atoms with E-state index in [1.807, 2.05) is 6.07 Å². The monoisotopic (exact) mass is 391 g/mol. The van der Waals surface area contributed by atoms with E-state index in [-0.39, 0.29) is 19.8 Å². The summed E-state index contributed by atoms with van der Waals surface area (Å²) in [5.74, 6) is -0.653. The number of benzene rings is 1. The molecule has 0 radical (unpaired) electrons. The number of hydrogen-bond donors (Lipinski definition) is 1. The SMILES string of the molecule is C=CCO[C@@H](/C=[N+](\[O-])[C@@H](C)[C@H](O)c1ccccc1)[C@H](OCC=C)C(=O)OCC. The molecule has 1 aromatic rings. The first-order valence-corrected chi connectivity index (χ1v) is 9.11. The summed E-state index contributed by atoms with van der Waals surface area (Å²) in [6.45, 7) is 10.7. The van der Waals surface area contributed by atoms with E-state index in [4.69, 9.17) is 14.2 Å². The summed E-state index contributed by atoms with van der Waals surface area (Å²) in [5.41, 5.74) is 0.609. The Bertz CT molecular complexity index is 646. The van der Waals surface area contributed by atoms with Crippen molar-refractivity contribution in [3.63, 3.8) is 0 Å². The molecule has 7 heteroatoms. The summed E-state index contributed by atoms with van der Waals surface area (Å²) in [7, 11) is 0. The van der Waals surface area contributed by atoms with Gasteiger partial charge in [0.15, 0.2) is 24.5 Å². The van der Waals surface area contributed by atoms with Crippen LogP contribution in [0.4, 0.5) is 0 Å². The van der Waals surface area contributed by atoms with E-state index in [0.29, 0.717) is 10.3 Å².